The van der Waals surface area contributed by atoms with Crippen LogP contribution in [-0.2, 0) is 13.5 Å². The highest BCUT2D eigenvalue weighted by molar-refractivity contribution is 5.83. The van der Waals surface area contributed by atoms with Crippen molar-refractivity contribution in [3.8, 4) is 0 Å². The highest BCUT2D eigenvalue weighted by Gasteiger charge is 2.26. The molecular formula is C16H28N9+. The summed E-state index contributed by atoms with van der Waals surface area (Å²) in [5.74, 6) is 2.20. The first kappa shape index (κ1) is 17.6. The van der Waals surface area contributed by atoms with Crippen molar-refractivity contribution >= 4 is 5.84 Å². The molecule has 0 amide bonds. The fourth-order valence-corrected chi connectivity index (χ4v) is 2.90. The third-order valence-electron chi connectivity index (χ3n) is 4.43. The lowest BCUT2D eigenvalue weighted by molar-refractivity contribution is -0.950. The van der Waals surface area contributed by atoms with E-state index in [1.807, 2.05) is 0 Å². The van der Waals surface area contributed by atoms with Gasteiger partial charge in [-0.05, 0) is 49.1 Å². The molecule has 3 heterocycles. The lowest BCUT2D eigenvalue weighted by Gasteiger charge is -2.09. The van der Waals surface area contributed by atoms with Crippen LogP contribution in [-0.4, -0.2) is 37.2 Å². The van der Waals surface area contributed by atoms with Crippen molar-refractivity contribution in [1.82, 2.24) is 35.7 Å². The Labute approximate surface area is 148 Å². The van der Waals surface area contributed by atoms with Gasteiger partial charge in [-0.25, -0.2) is 0 Å². The van der Waals surface area contributed by atoms with Crippen molar-refractivity contribution in [1.29, 1.82) is 0 Å². The fourth-order valence-electron chi connectivity index (χ4n) is 2.90. The van der Waals surface area contributed by atoms with E-state index in [-0.39, 0.29) is 5.92 Å². The summed E-state index contributed by atoms with van der Waals surface area (Å²) in [5.41, 5.74) is 7.72. The SMILES string of the molecule is CC(Cc1ccn(C(C)C)c1)C1=N[NH+](CC(C)c2nnn(C)n2)NN1. The van der Waals surface area contributed by atoms with E-state index in [1.54, 1.807) is 7.05 Å². The van der Waals surface area contributed by atoms with Crippen molar-refractivity contribution in [2.75, 3.05) is 6.54 Å². The van der Waals surface area contributed by atoms with E-state index in [4.69, 9.17) is 5.10 Å². The summed E-state index contributed by atoms with van der Waals surface area (Å²) in [6.45, 7) is 9.40. The molecule has 25 heavy (non-hydrogen) atoms. The van der Waals surface area contributed by atoms with Crippen LogP contribution < -0.4 is 16.1 Å². The highest BCUT2D eigenvalue weighted by atomic mass is 15.9. The minimum absolute atomic E-state index is 0.163. The van der Waals surface area contributed by atoms with Crippen molar-refractivity contribution < 1.29 is 5.12 Å². The summed E-state index contributed by atoms with van der Waals surface area (Å²) < 4.78 is 2.23. The Hall–Kier alpha value is -2.26. The Morgan fingerprint density at radius 2 is 2.00 bits per heavy atom. The predicted molar refractivity (Wildman–Crippen MR) is 94.4 cm³/mol. The lowest BCUT2D eigenvalue weighted by atomic mass is 10.0. The van der Waals surface area contributed by atoms with E-state index in [0.717, 1.165) is 29.7 Å². The number of nitrogens with one attached hydrogen (secondary N) is 3. The van der Waals surface area contributed by atoms with Crippen molar-refractivity contribution in [2.45, 2.75) is 46.1 Å². The Morgan fingerprint density at radius 1 is 1.20 bits per heavy atom. The molecule has 136 valence electrons. The van der Waals surface area contributed by atoms with Gasteiger partial charge >= 0.3 is 0 Å². The average molecular weight is 346 g/mol. The summed E-state index contributed by atoms with van der Waals surface area (Å²) in [4.78, 5) is 1.48. The highest BCUT2D eigenvalue weighted by Crippen LogP contribution is 2.13. The summed E-state index contributed by atoms with van der Waals surface area (Å²) in [6.07, 6.45) is 5.32. The maximum absolute atomic E-state index is 4.72. The van der Waals surface area contributed by atoms with Gasteiger partial charge in [0, 0.05) is 24.4 Å². The molecule has 3 rings (SSSR count). The molecule has 0 aromatic carbocycles. The van der Waals surface area contributed by atoms with Gasteiger partial charge in [-0.1, -0.05) is 12.5 Å². The standard InChI is InChI=1S/C16H27N9/c1-11(2)24-7-6-14(10-24)8-12(3)15-18-22-25(20-15)9-13(4)16-17-21-23(5)19-16/h6-7,10-13,22H,8-9H2,1-5H3,(H,18,20)/p+1. The first-order valence-electron chi connectivity index (χ1n) is 8.79. The van der Waals surface area contributed by atoms with Crippen LogP contribution in [0.25, 0.3) is 0 Å². The molecule has 9 heteroatoms. The minimum Gasteiger partial charge on any atom is -0.352 e. The Kier molecular flexibility index (Phi) is 5.14. The van der Waals surface area contributed by atoms with Crippen LogP contribution in [0.5, 0.6) is 0 Å². The molecule has 1 aliphatic heterocycles. The van der Waals surface area contributed by atoms with Crippen molar-refractivity contribution in [3.63, 3.8) is 0 Å². The van der Waals surface area contributed by atoms with E-state index in [2.05, 4.69) is 77.1 Å². The van der Waals surface area contributed by atoms with Gasteiger partial charge < -0.3 is 4.57 Å². The van der Waals surface area contributed by atoms with Crippen LogP contribution >= 0.6 is 0 Å². The van der Waals surface area contributed by atoms with Gasteiger partial charge in [0.2, 0.25) is 0 Å². The molecule has 0 saturated carbocycles. The molecule has 3 N–H and O–H groups in total. The number of hydrazine groups is 1. The van der Waals surface area contributed by atoms with E-state index in [1.165, 1.54) is 10.4 Å². The number of aromatic nitrogens is 5. The van der Waals surface area contributed by atoms with Crippen molar-refractivity contribution in [2.24, 2.45) is 18.1 Å². The maximum Gasteiger partial charge on any atom is 0.183 e. The summed E-state index contributed by atoms with van der Waals surface area (Å²) in [6, 6.07) is 2.68. The topological polar surface area (TPSA) is 89.4 Å². The van der Waals surface area contributed by atoms with Crippen LogP contribution in [0.1, 0.15) is 51.0 Å². The van der Waals surface area contributed by atoms with Gasteiger partial charge in [0.05, 0.1) is 13.0 Å². The first-order valence-corrected chi connectivity index (χ1v) is 8.79. The van der Waals surface area contributed by atoms with Gasteiger partial charge in [0.25, 0.3) is 0 Å². The minimum atomic E-state index is 0.163. The van der Waals surface area contributed by atoms with Gasteiger partial charge in [-0.2, -0.15) is 4.80 Å². The number of nitrogens with zero attached hydrogens (tertiary/aromatic N) is 6. The first-order chi connectivity index (χ1) is 11.9. The molecule has 3 atom stereocenters. The largest absolute Gasteiger partial charge is 0.352 e. The number of quaternary nitrogens is 1. The maximum atomic E-state index is 4.72. The molecule has 0 saturated heterocycles. The molecular weight excluding hydrogens is 318 g/mol. The van der Waals surface area contributed by atoms with E-state index in [9.17, 15) is 0 Å². The van der Waals surface area contributed by atoms with Gasteiger partial charge in [0.15, 0.2) is 11.7 Å². The zero-order chi connectivity index (χ0) is 18.0. The second-order valence-corrected chi connectivity index (χ2v) is 7.10. The predicted octanol–water partition coefficient (Wildman–Crippen LogP) is -0.204. The molecule has 2 aromatic rings. The van der Waals surface area contributed by atoms with Crippen LogP contribution in [0.3, 0.4) is 0 Å². The second kappa shape index (κ2) is 7.32. The molecule has 9 nitrogen and oxygen atoms in total. The molecule has 0 aliphatic carbocycles. The lowest BCUT2D eigenvalue weighted by Crippen LogP contribution is -3.14. The van der Waals surface area contributed by atoms with Gasteiger partial charge in [-0.3, -0.25) is 5.43 Å². The van der Waals surface area contributed by atoms with Crippen LogP contribution in [0, 0.1) is 5.92 Å². The smallest absolute Gasteiger partial charge is 0.183 e. The molecule has 1 aliphatic rings. The monoisotopic (exact) mass is 346 g/mol. The van der Waals surface area contributed by atoms with Crippen LogP contribution in [0.2, 0.25) is 0 Å². The molecule has 0 radical (unpaired) electrons. The second-order valence-electron chi connectivity index (χ2n) is 7.10. The number of tetrazole rings is 1. The Morgan fingerprint density at radius 3 is 2.64 bits per heavy atom. The van der Waals surface area contributed by atoms with Crippen LogP contribution in [0.4, 0.5) is 0 Å². The summed E-state index contributed by atoms with van der Waals surface area (Å²) >= 11 is 0. The zero-order valence-electron chi connectivity index (χ0n) is 15.6. The molecule has 0 spiro atoms. The number of aryl methyl sites for hydroxylation is 1. The summed E-state index contributed by atoms with van der Waals surface area (Å²) in [7, 11) is 1.77. The molecule has 2 aromatic heterocycles. The van der Waals surface area contributed by atoms with Crippen LogP contribution in [0.15, 0.2) is 23.6 Å². The average Bonchev–Trinajstić information content (AvgIpc) is 3.27. The van der Waals surface area contributed by atoms with Crippen molar-refractivity contribution in [3.05, 3.63) is 29.8 Å². The quantitative estimate of drug-likeness (QED) is 0.646. The number of amidine groups is 1. The van der Waals surface area contributed by atoms with E-state index in [0.29, 0.717) is 12.0 Å². The Balaban J connectivity index is 1.56. The third-order valence-corrected chi connectivity index (χ3v) is 4.43. The molecule has 3 unspecified atom stereocenters. The number of rotatable bonds is 7. The fraction of sp³-hybridized carbons (Fsp3) is 0.625. The van der Waals surface area contributed by atoms with E-state index < -0.39 is 0 Å². The normalized spacial score (nSPS) is 19.8. The van der Waals surface area contributed by atoms with E-state index >= 15 is 0 Å². The van der Waals surface area contributed by atoms with Gasteiger partial charge in [-0.15, -0.1) is 15.3 Å². The summed E-state index contributed by atoms with van der Waals surface area (Å²) in [5, 5.41) is 17.9. The van der Waals surface area contributed by atoms with Gasteiger partial charge in [0.1, 0.15) is 6.54 Å². The molecule has 0 bridgehead atoms. The third kappa shape index (κ3) is 4.23. The Bertz CT molecular complexity index is 730. The zero-order valence-corrected chi connectivity index (χ0v) is 15.6. The number of hydrogen-bond donors (Lipinski definition) is 3. The molecule has 0 fully saturated rings. The number of hydrogen-bond acceptors (Lipinski definition) is 6.